The molecule has 3 aromatic rings. The third-order valence-corrected chi connectivity index (χ3v) is 5.34. The Morgan fingerprint density at radius 2 is 1.76 bits per heavy atom. The summed E-state index contributed by atoms with van der Waals surface area (Å²) in [6, 6.07) is 11.3. The molecule has 0 radical (unpaired) electrons. The Morgan fingerprint density at radius 3 is 2.48 bits per heavy atom. The molecule has 25 heavy (non-hydrogen) atoms. The van der Waals surface area contributed by atoms with Crippen LogP contribution in [0.15, 0.2) is 52.2 Å². The number of hydrogen-bond acceptors (Lipinski definition) is 4. The minimum absolute atomic E-state index is 0.124. The summed E-state index contributed by atoms with van der Waals surface area (Å²) in [6.07, 6.45) is 0. The van der Waals surface area contributed by atoms with Crippen LogP contribution < -0.4 is 15.0 Å². The van der Waals surface area contributed by atoms with E-state index in [2.05, 4.69) is 9.71 Å². The van der Waals surface area contributed by atoms with Gasteiger partial charge in [0.2, 0.25) is 5.56 Å². The predicted molar refractivity (Wildman–Crippen MR) is 97.8 cm³/mol. The third kappa shape index (κ3) is 3.23. The van der Waals surface area contributed by atoms with Crippen molar-refractivity contribution in [2.75, 3.05) is 11.8 Å². The number of nitrogens with one attached hydrogen (secondary N) is 2. The molecular weight excluding hydrogens is 340 g/mol. The predicted octanol–water partition coefficient (Wildman–Crippen LogP) is 2.95. The molecule has 0 aliphatic heterocycles. The lowest BCUT2D eigenvalue weighted by molar-refractivity contribution is 0.417. The highest BCUT2D eigenvalue weighted by Crippen LogP contribution is 2.28. The van der Waals surface area contributed by atoms with E-state index in [9.17, 15) is 13.2 Å². The quantitative estimate of drug-likeness (QED) is 0.750. The van der Waals surface area contributed by atoms with Gasteiger partial charge in [-0.15, -0.1) is 0 Å². The molecule has 0 saturated carbocycles. The fourth-order valence-electron chi connectivity index (χ4n) is 2.75. The van der Waals surface area contributed by atoms with Crippen molar-refractivity contribution in [3.05, 3.63) is 63.9 Å². The van der Waals surface area contributed by atoms with Gasteiger partial charge in [0, 0.05) is 11.5 Å². The number of hydrogen-bond donors (Lipinski definition) is 2. The van der Waals surface area contributed by atoms with Crippen molar-refractivity contribution in [3.8, 4) is 5.75 Å². The third-order valence-electron chi connectivity index (χ3n) is 3.99. The zero-order chi connectivity index (χ0) is 18.2. The summed E-state index contributed by atoms with van der Waals surface area (Å²) in [6.45, 7) is 3.54. The number of aromatic nitrogens is 1. The van der Waals surface area contributed by atoms with E-state index in [0.717, 1.165) is 5.56 Å². The Labute approximate surface area is 145 Å². The molecule has 1 heterocycles. The van der Waals surface area contributed by atoms with Crippen LogP contribution in [0.25, 0.3) is 10.9 Å². The Bertz CT molecular complexity index is 1120. The number of para-hydroxylation sites is 2. The first-order chi connectivity index (χ1) is 11.8. The van der Waals surface area contributed by atoms with Gasteiger partial charge in [0.25, 0.3) is 10.0 Å². The van der Waals surface area contributed by atoms with E-state index in [0.29, 0.717) is 27.9 Å². The van der Waals surface area contributed by atoms with E-state index >= 15 is 0 Å². The van der Waals surface area contributed by atoms with Crippen molar-refractivity contribution < 1.29 is 13.2 Å². The Kier molecular flexibility index (Phi) is 4.26. The van der Waals surface area contributed by atoms with Crippen LogP contribution in [0, 0.1) is 13.8 Å². The van der Waals surface area contributed by atoms with E-state index in [1.54, 1.807) is 44.2 Å². The van der Waals surface area contributed by atoms with Gasteiger partial charge in [-0.1, -0.05) is 12.1 Å². The number of methoxy groups -OCH3 is 1. The molecule has 0 spiro atoms. The van der Waals surface area contributed by atoms with Crippen LogP contribution in [0.3, 0.4) is 0 Å². The number of aromatic amines is 1. The molecule has 7 heteroatoms. The summed E-state index contributed by atoms with van der Waals surface area (Å²) in [5.74, 6) is 0.434. The number of ether oxygens (including phenoxy) is 1. The molecule has 2 aromatic carbocycles. The summed E-state index contributed by atoms with van der Waals surface area (Å²) < 4.78 is 33.3. The molecule has 0 aliphatic carbocycles. The number of anilines is 1. The van der Waals surface area contributed by atoms with E-state index < -0.39 is 10.0 Å². The highest BCUT2D eigenvalue weighted by molar-refractivity contribution is 7.92. The Hall–Kier alpha value is -2.80. The second kappa shape index (κ2) is 6.25. The van der Waals surface area contributed by atoms with E-state index in [1.807, 2.05) is 0 Å². The van der Waals surface area contributed by atoms with Gasteiger partial charge in [0.05, 0.1) is 23.2 Å². The monoisotopic (exact) mass is 358 g/mol. The lowest BCUT2D eigenvalue weighted by Gasteiger charge is -2.13. The number of pyridine rings is 1. The van der Waals surface area contributed by atoms with Crippen LogP contribution in [-0.4, -0.2) is 20.5 Å². The summed E-state index contributed by atoms with van der Waals surface area (Å²) in [7, 11) is -2.33. The number of aryl methyl sites for hydroxylation is 2. The van der Waals surface area contributed by atoms with Crippen molar-refractivity contribution in [1.29, 1.82) is 0 Å². The van der Waals surface area contributed by atoms with E-state index in [4.69, 9.17) is 4.74 Å². The average molecular weight is 358 g/mol. The second-order valence-electron chi connectivity index (χ2n) is 5.79. The molecule has 130 valence electrons. The van der Waals surface area contributed by atoms with E-state index in [-0.39, 0.29) is 10.5 Å². The fraction of sp³-hybridized carbons (Fsp3) is 0.167. The van der Waals surface area contributed by atoms with Crippen LogP contribution in [0.1, 0.15) is 11.1 Å². The highest BCUT2D eigenvalue weighted by atomic mass is 32.2. The van der Waals surface area contributed by atoms with Crippen LogP contribution in [0.4, 0.5) is 5.69 Å². The minimum Gasteiger partial charge on any atom is -0.495 e. The van der Waals surface area contributed by atoms with Gasteiger partial charge in [0.15, 0.2) is 0 Å². The first kappa shape index (κ1) is 17.0. The van der Waals surface area contributed by atoms with Crippen molar-refractivity contribution >= 4 is 26.6 Å². The number of benzene rings is 2. The van der Waals surface area contributed by atoms with Crippen LogP contribution >= 0.6 is 0 Å². The lowest BCUT2D eigenvalue weighted by atomic mass is 10.1. The molecule has 0 amide bonds. The zero-order valence-electron chi connectivity index (χ0n) is 14.1. The topological polar surface area (TPSA) is 88.3 Å². The molecule has 3 rings (SSSR count). The molecule has 0 saturated heterocycles. The maximum absolute atomic E-state index is 12.8. The molecule has 0 unspecified atom stereocenters. The van der Waals surface area contributed by atoms with Gasteiger partial charge in [-0.2, -0.15) is 0 Å². The van der Waals surface area contributed by atoms with Gasteiger partial charge in [-0.25, -0.2) is 8.42 Å². The van der Waals surface area contributed by atoms with Gasteiger partial charge in [-0.3, -0.25) is 9.52 Å². The number of H-pyrrole nitrogens is 1. The smallest absolute Gasteiger partial charge is 0.262 e. The van der Waals surface area contributed by atoms with Crippen molar-refractivity contribution in [3.63, 3.8) is 0 Å². The average Bonchev–Trinajstić information content (AvgIpc) is 2.55. The van der Waals surface area contributed by atoms with Crippen molar-refractivity contribution in [1.82, 2.24) is 4.98 Å². The maximum atomic E-state index is 12.8. The fourth-order valence-corrected chi connectivity index (χ4v) is 3.93. The van der Waals surface area contributed by atoms with Gasteiger partial charge < -0.3 is 9.72 Å². The number of rotatable bonds is 4. The number of fused-ring (bicyclic) bond motifs is 1. The molecule has 2 N–H and O–H groups in total. The van der Waals surface area contributed by atoms with Gasteiger partial charge in [0.1, 0.15) is 5.75 Å². The first-order valence-electron chi connectivity index (χ1n) is 7.62. The molecule has 0 fully saturated rings. The number of sulfonamides is 1. The minimum atomic E-state index is -3.81. The summed E-state index contributed by atoms with van der Waals surface area (Å²) in [5, 5.41) is 0.694. The largest absolute Gasteiger partial charge is 0.495 e. The lowest BCUT2D eigenvalue weighted by Crippen LogP contribution is -2.14. The molecule has 6 nitrogen and oxygen atoms in total. The first-order valence-corrected chi connectivity index (χ1v) is 9.10. The Balaban J connectivity index is 2.13. The molecule has 0 bridgehead atoms. The SMILES string of the molecule is COc1ccccc1NS(=O)(=O)c1cc(C)c2[nH]c(=O)cc(C)c2c1. The van der Waals surface area contributed by atoms with Gasteiger partial charge >= 0.3 is 0 Å². The standard InChI is InChI=1S/C18H18N2O4S/c1-11-9-17(21)19-18-12(2)8-13(10-14(11)18)25(22,23)20-15-6-4-5-7-16(15)24-3/h4-10,20H,1-3H3,(H,19,21). The van der Waals surface area contributed by atoms with Crippen LogP contribution in [0.2, 0.25) is 0 Å². The maximum Gasteiger partial charge on any atom is 0.262 e. The summed E-state index contributed by atoms with van der Waals surface area (Å²) in [5.41, 5.74) is 2.19. The molecule has 0 atom stereocenters. The van der Waals surface area contributed by atoms with Crippen LogP contribution in [-0.2, 0) is 10.0 Å². The summed E-state index contributed by atoms with van der Waals surface area (Å²) >= 11 is 0. The van der Waals surface area contributed by atoms with Crippen LogP contribution in [0.5, 0.6) is 5.75 Å². The van der Waals surface area contributed by atoms with Gasteiger partial charge in [-0.05, 0) is 49.2 Å². The molecule has 1 aromatic heterocycles. The van der Waals surface area contributed by atoms with E-state index in [1.165, 1.54) is 19.2 Å². The molecule has 0 aliphatic rings. The zero-order valence-corrected chi connectivity index (χ0v) is 14.9. The summed E-state index contributed by atoms with van der Waals surface area (Å²) in [4.78, 5) is 14.5. The van der Waals surface area contributed by atoms with Crippen molar-refractivity contribution in [2.24, 2.45) is 0 Å². The molecular formula is C18H18N2O4S. The normalized spacial score (nSPS) is 11.5. The Morgan fingerprint density at radius 1 is 1.04 bits per heavy atom. The second-order valence-corrected chi connectivity index (χ2v) is 7.47. The van der Waals surface area contributed by atoms with Crippen molar-refractivity contribution in [2.45, 2.75) is 18.7 Å². The highest BCUT2D eigenvalue weighted by Gasteiger charge is 2.18.